The van der Waals surface area contributed by atoms with Crippen LogP contribution in [-0.2, 0) is 21.3 Å². The number of rotatable bonds is 8. The summed E-state index contributed by atoms with van der Waals surface area (Å²) in [7, 11) is -3.88. The molecule has 0 atom stereocenters. The van der Waals surface area contributed by atoms with Crippen molar-refractivity contribution in [1.29, 1.82) is 0 Å². The number of amides is 2. The summed E-state index contributed by atoms with van der Waals surface area (Å²) in [6, 6.07) is 9.33. The van der Waals surface area contributed by atoms with Gasteiger partial charge in [0.1, 0.15) is 11.3 Å². The van der Waals surface area contributed by atoms with Crippen molar-refractivity contribution in [1.82, 2.24) is 24.0 Å². The lowest BCUT2D eigenvalue weighted by atomic mass is 10.2. The van der Waals surface area contributed by atoms with Gasteiger partial charge in [0, 0.05) is 50.0 Å². The number of piperazine rings is 1. The number of sulfonamides is 1. The topological polar surface area (TPSA) is 118 Å². The Kier molecular flexibility index (Phi) is 8.76. The van der Waals surface area contributed by atoms with Crippen molar-refractivity contribution >= 4 is 48.7 Å². The maximum atomic E-state index is 14.5. The average molecular weight is 633 g/mol. The number of carbonyl (C=O) groups excluding carboxylic acids is 2. The minimum atomic E-state index is -3.88. The number of aryl methyl sites for hydroxylation is 2. The lowest BCUT2D eigenvalue weighted by molar-refractivity contribution is 0.0933. The molecule has 1 aliphatic rings. The van der Waals surface area contributed by atoms with Crippen LogP contribution in [0.5, 0.6) is 0 Å². The van der Waals surface area contributed by atoms with E-state index >= 15 is 0 Å². The van der Waals surface area contributed by atoms with Crippen molar-refractivity contribution in [2.24, 2.45) is 0 Å². The molecule has 3 heterocycles. The smallest absolute Gasteiger partial charge is 0.409 e. The summed E-state index contributed by atoms with van der Waals surface area (Å²) in [5, 5.41) is 4.60. The predicted molar refractivity (Wildman–Crippen MR) is 157 cm³/mol. The molecule has 0 radical (unpaired) electrons. The summed E-state index contributed by atoms with van der Waals surface area (Å²) in [5.74, 6) is -2.07. The Morgan fingerprint density at radius 2 is 1.74 bits per heavy atom. The fourth-order valence-corrected chi connectivity index (χ4v) is 7.29. The summed E-state index contributed by atoms with van der Waals surface area (Å²) < 4.78 is 63.2. The van der Waals surface area contributed by atoms with Gasteiger partial charge in [-0.15, -0.1) is 0 Å². The van der Waals surface area contributed by atoms with Crippen molar-refractivity contribution in [3.8, 4) is 0 Å². The molecule has 0 spiro atoms. The predicted octanol–water partition coefficient (Wildman–Crippen LogP) is 4.20. The largest absolute Gasteiger partial charge is 0.450 e. The molecule has 2 aromatic heterocycles. The highest BCUT2D eigenvalue weighted by atomic mass is 32.2. The lowest BCUT2D eigenvalue weighted by Gasteiger charge is -2.33. The highest BCUT2D eigenvalue weighted by molar-refractivity contribution is 7.89. The number of benzene rings is 2. The zero-order valence-electron chi connectivity index (χ0n) is 23.8. The maximum absolute atomic E-state index is 14.5. The molecule has 0 bridgehead atoms. The van der Waals surface area contributed by atoms with Crippen LogP contribution in [0.25, 0.3) is 10.2 Å². The van der Waals surface area contributed by atoms with E-state index in [1.807, 2.05) is 19.9 Å². The van der Waals surface area contributed by atoms with Gasteiger partial charge < -0.3 is 9.64 Å². The fourth-order valence-electron chi connectivity index (χ4n) is 4.84. The van der Waals surface area contributed by atoms with Gasteiger partial charge in [-0.05, 0) is 57.2 Å². The van der Waals surface area contributed by atoms with Crippen LogP contribution in [0.2, 0.25) is 0 Å². The van der Waals surface area contributed by atoms with Gasteiger partial charge >= 0.3 is 6.09 Å². The van der Waals surface area contributed by atoms with Crippen LogP contribution in [0, 0.1) is 25.5 Å². The number of carbonyl (C=O) groups is 2. The number of ether oxygens (including phenoxy) is 1. The zero-order chi connectivity index (χ0) is 30.9. The molecule has 0 unspecified atom stereocenters. The zero-order valence-corrected chi connectivity index (χ0v) is 25.4. The second-order valence-electron chi connectivity index (χ2n) is 9.95. The van der Waals surface area contributed by atoms with Crippen LogP contribution in [0.15, 0.2) is 47.4 Å². The molecule has 5 rings (SSSR count). The summed E-state index contributed by atoms with van der Waals surface area (Å²) in [5.41, 5.74) is 1.84. The summed E-state index contributed by atoms with van der Waals surface area (Å²) in [6.45, 7) is 6.72. The Labute approximate surface area is 251 Å². The standard InChI is InChI=1S/C28H30F2N6O5S2/c1-4-41-28(38)33-9-11-34(12-10-33)43(39,40)22-7-5-20(6-8-22)26(37)35(13-14-36-19(3)15-18(2)32-36)27-31-25-23(30)16-21(29)17-24(25)42-27/h5-8,15-17H,4,9-14H2,1-3H3. The monoisotopic (exact) mass is 632 g/mol. The third kappa shape index (κ3) is 6.38. The van der Waals surface area contributed by atoms with Gasteiger partial charge in [0.25, 0.3) is 5.91 Å². The third-order valence-corrected chi connectivity index (χ3v) is 9.96. The van der Waals surface area contributed by atoms with Crippen molar-refractivity contribution in [3.63, 3.8) is 0 Å². The second-order valence-corrected chi connectivity index (χ2v) is 12.9. The number of nitrogens with zero attached hydrogens (tertiary/aromatic N) is 6. The molecule has 228 valence electrons. The van der Waals surface area contributed by atoms with Crippen molar-refractivity contribution < 1.29 is 31.5 Å². The van der Waals surface area contributed by atoms with E-state index in [-0.39, 0.29) is 65.1 Å². The molecular formula is C28H30F2N6O5S2. The number of fused-ring (bicyclic) bond motifs is 1. The molecule has 1 aliphatic heterocycles. The summed E-state index contributed by atoms with van der Waals surface area (Å²) >= 11 is 0.977. The molecule has 2 amide bonds. The Bertz CT molecular complexity index is 1770. The highest BCUT2D eigenvalue weighted by Crippen LogP contribution is 2.32. The molecule has 43 heavy (non-hydrogen) atoms. The Hall–Kier alpha value is -3.95. The molecule has 11 nitrogen and oxygen atoms in total. The summed E-state index contributed by atoms with van der Waals surface area (Å²) in [6.07, 6.45) is -0.481. The van der Waals surface area contributed by atoms with E-state index in [0.29, 0.717) is 6.54 Å². The van der Waals surface area contributed by atoms with Crippen molar-refractivity contribution in [2.75, 3.05) is 44.2 Å². The molecular weight excluding hydrogens is 602 g/mol. The molecule has 4 aromatic rings. The van der Waals surface area contributed by atoms with Gasteiger partial charge in [0.2, 0.25) is 10.0 Å². The lowest BCUT2D eigenvalue weighted by Crippen LogP contribution is -2.50. The molecule has 0 saturated carbocycles. The van der Waals surface area contributed by atoms with Gasteiger partial charge in [-0.3, -0.25) is 14.4 Å². The normalized spacial score (nSPS) is 14.3. The first-order valence-electron chi connectivity index (χ1n) is 13.6. The molecule has 0 N–H and O–H groups in total. The number of aromatic nitrogens is 3. The van der Waals surface area contributed by atoms with Gasteiger partial charge in [0.05, 0.1) is 28.4 Å². The Morgan fingerprint density at radius 1 is 1.05 bits per heavy atom. The number of anilines is 1. The quantitative estimate of drug-likeness (QED) is 0.286. The van der Waals surface area contributed by atoms with Gasteiger partial charge in [0.15, 0.2) is 10.9 Å². The molecule has 15 heteroatoms. The first kappa shape index (κ1) is 30.5. The van der Waals surface area contributed by atoms with Crippen LogP contribution >= 0.6 is 11.3 Å². The number of thiazole rings is 1. The minimum Gasteiger partial charge on any atom is -0.450 e. The minimum absolute atomic E-state index is 0.000333. The van der Waals surface area contributed by atoms with E-state index in [9.17, 15) is 26.8 Å². The molecule has 0 aliphatic carbocycles. The molecule has 2 aromatic carbocycles. The van der Waals surface area contributed by atoms with Crippen LogP contribution in [-0.4, -0.2) is 83.7 Å². The van der Waals surface area contributed by atoms with Gasteiger partial charge in [-0.1, -0.05) is 11.3 Å². The maximum Gasteiger partial charge on any atom is 0.409 e. The van der Waals surface area contributed by atoms with Gasteiger partial charge in [-0.25, -0.2) is 27.0 Å². The molecule has 1 fully saturated rings. The first-order valence-corrected chi connectivity index (χ1v) is 15.8. The summed E-state index contributed by atoms with van der Waals surface area (Å²) in [4.78, 5) is 32.9. The van der Waals surface area contributed by atoms with Crippen molar-refractivity contribution in [3.05, 3.63) is 71.1 Å². The van der Waals surface area contributed by atoms with Crippen LogP contribution in [0.4, 0.5) is 18.7 Å². The Balaban J connectivity index is 1.38. The van der Waals surface area contributed by atoms with Crippen LogP contribution in [0.1, 0.15) is 28.7 Å². The van der Waals surface area contributed by atoms with E-state index in [1.54, 1.807) is 11.6 Å². The molecule has 1 saturated heterocycles. The van der Waals surface area contributed by atoms with E-state index in [1.165, 1.54) is 38.4 Å². The van der Waals surface area contributed by atoms with E-state index < -0.39 is 33.7 Å². The van der Waals surface area contributed by atoms with Gasteiger partial charge in [-0.2, -0.15) is 9.40 Å². The Morgan fingerprint density at radius 3 is 2.37 bits per heavy atom. The highest BCUT2D eigenvalue weighted by Gasteiger charge is 2.31. The van der Waals surface area contributed by atoms with E-state index in [2.05, 4.69) is 10.1 Å². The number of hydrogen-bond acceptors (Lipinski definition) is 8. The first-order chi connectivity index (χ1) is 20.5. The van der Waals surface area contributed by atoms with Crippen molar-refractivity contribution in [2.45, 2.75) is 32.2 Å². The SMILES string of the molecule is CCOC(=O)N1CCN(S(=O)(=O)c2ccc(C(=O)N(CCn3nc(C)cc3C)c3nc4c(F)cc(F)cc4s3)cc2)CC1. The van der Waals surface area contributed by atoms with Crippen LogP contribution < -0.4 is 4.90 Å². The van der Waals surface area contributed by atoms with E-state index in [0.717, 1.165) is 34.9 Å². The fraction of sp³-hybridized carbons (Fsp3) is 0.357. The number of hydrogen-bond donors (Lipinski definition) is 0. The van der Waals surface area contributed by atoms with Crippen LogP contribution in [0.3, 0.4) is 0 Å². The van der Waals surface area contributed by atoms with E-state index in [4.69, 9.17) is 4.74 Å². The third-order valence-electron chi connectivity index (χ3n) is 7.02. The number of halogens is 2. The second kappa shape index (κ2) is 12.3. The average Bonchev–Trinajstić information content (AvgIpc) is 3.55.